The Morgan fingerprint density at radius 1 is 1.21 bits per heavy atom. The highest BCUT2D eigenvalue weighted by Gasteiger charge is 2.27. The quantitative estimate of drug-likeness (QED) is 0.333. The van der Waals surface area contributed by atoms with Gasteiger partial charge in [0, 0.05) is 30.7 Å². The third-order valence-corrected chi connectivity index (χ3v) is 7.53. The summed E-state index contributed by atoms with van der Waals surface area (Å²) in [6, 6.07) is 12.5. The van der Waals surface area contributed by atoms with Gasteiger partial charge in [-0.25, -0.2) is 0 Å². The summed E-state index contributed by atoms with van der Waals surface area (Å²) < 4.78 is 9.18. The van der Waals surface area contributed by atoms with Crippen molar-refractivity contribution in [1.29, 1.82) is 0 Å². The van der Waals surface area contributed by atoms with Crippen LogP contribution in [-0.4, -0.2) is 42.3 Å². The first-order valence-corrected chi connectivity index (χ1v) is 12.9. The van der Waals surface area contributed by atoms with E-state index in [9.17, 15) is 9.59 Å². The smallest absolute Gasteiger partial charge is 0.268 e. The van der Waals surface area contributed by atoms with Crippen LogP contribution in [-0.2, 0) is 16.1 Å². The number of hydrogen-bond donors (Lipinski definition) is 2. The van der Waals surface area contributed by atoms with Crippen molar-refractivity contribution in [3.8, 4) is 0 Å². The molecule has 7 nitrogen and oxygen atoms in total. The number of amides is 2. The van der Waals surface area contributed by atoms with Gasteiger partial charge >= 0.3 is 0 Å². The predicted molar refractivity (Wildman–Crippen MR) is 137 cm³/mol. The van der Waals surface area contributed by atoms with Crippen molar-refractivity contribution in [3.05, 3.63) is 53.0 Å². The van der Waals surface area contributed by atoms with Crippen LogP contribution in [0.25, 0.3) is 10.2 Å². The number of rotatable bonds is 10. The molecule has 1 saturated carbocycles. The van der Waals surface area contributed by atoms with E-state index < -0.39 is 0 Å². The fraction of sp³-hybridized carbons (Fsp3) is 0.462. The van der Waals surface area contributed by atoms with E-state index in [1.165, 1.54) is 5.56 Å². The van der Waals surface area contributed by atoms with E-state index in [2.05, 4.69) is 59.0 Å². The molecule has 1 aliphatic carbocycles. The fourth-order valence-corrected chi connectivity index (χ4v) is 5.51. The van der Waals surface area contributed by atoms with E-state index in [1.54, 1.807) is 11.3 Å². The van der Waals surface area contributed by atoms with Crippen LogP contribution >= 0.6 is 11.3 Å². The lowest BCUT2D eigenvalue weighted by Gasteiger charge is -2.27. The molecule has 3 N–H and O–H groups in total. The van der Waals surface area contributed by atoms with Crippen LogP contribution < -0.4 is 16.0 Å². The van der Waals surface area contributed by atoms with Gasteiger partial charge in [0.1, 0.15) is 12.4 Å². The SMILES string of the molecule is CCN(COCCn1c(C(=O)N[C@H]2CC[C@H](C(N)=O)CC2)cc2sccc21)c1cccc(C)c1. The molecule has 2 heterocycles. The summed E-state index contributed by atoms with van der Waals surface area (Å²) in [6.07, 6.45) is 3.03. The van der Waals surface area contributed by atoms with E-state index in [0.717, 1.165) is 48.1 Å². The standard InChI is InChI=1S/C26H34N4O3S/c1-3-29(21-6-4-5-18(2)15-21)17-33-13-12-30-22-11-14-34-24(22)16-23(30)26(32)28-20-9-7-19(8-10-20)25(27)31/h4-6,11,14-16,19-20H,3,7-10,12-13,17H2,1-2H3,(H2,27,31)(H,28,32)/t19-,20-. The maximum Gasteiger partial charge on any atom is 0.268 e. The number of benzene rings is 1. The minimum absolute atomic E-state index is 0.0676. The Bertz CT molecular complexity index is 1130. The number of nitrogens with two attached hydrogens (primary N) is 1. The van der Waals surface area contributed by atoms with Crippen LogP contribution in [0.4, 0.5) is 5.69 Å². The lowest BCUT2D eigenvalue weighted by molar-refractivity contribution is -0.122. The molecule has 1 aromatic carbocycles. The number of fused-ring (bicyclic) bond motifs is 1. The second-order valence-electron chi connectivity index (χ2n) is 9.01. The van der Waals surface area contributed by atoms with Crippen molar-refractivity contribution in [1.82, 2.24) is 9.88 Å². The molecule has 2 amide bonds. The fourth-order valence-electron chi connectivity index (χ4n) is 4.69. The average molecular weight is 483 g/mol. The van der Waals surface area contributed by atoms with Crippen molar-refractivity contribution in [2.75, 3.05) is 24.8 Å². The minimum Gasteiger partial charge on any atom is -0.369 e. The van der Waals surface area contributed by atoms with Crippen LogP contribution in [0.3, 0.4) is 0 Å². The number of nitrogens with zero attached hydrogens (tertiary/aromatic N) is 2. The van der Waals surface area contributed by atoms with Gasteiger partial charge in [-0.2, -0.15) is 0 Å². The second-order valence-corrected chi connectivity index (χ2v) is 9.96. The minimum atomic E-state index is -0.233. The highest BCUT2D eigenvalue weighted by atomic mass is 32.1. The Kier molecular flexibility index (Phi) is 7.90. The predicted octanol–water partition coefficient (Wildman–Crippen LogP) is 4.29. The average Bonchev–Trinajstić information content (AvgIpc) is 3.41. The summed E-state index contributed by atoms with van der Waals surface area (Å²) in [5, 5.41) is 5.22. The molecule has 0 bridgehead atoms. The first kappa shape index (κ1) is 24.3. The number of carbonyl (C=O) groups is 2. The zero-order valence-corrected chi connectivity index (χ0v) is 20.8. The van der Waals surface area contributed by atoms with Crippen LogP contribution in [0, 0.1) is 12.8 Å². The highest BCUT2D eigenvalue weighted by molar-refractivity contribution is 7.17. The normalized spacial score (nSPS) is 18.2. The summed E-state index contributed by atoms with van der Waals surface area (Å²) in [4.78, 5) is 26.8. The van der Waals surface area contributed by atoms with Crippen LogP contribution in [0.15, 0.2) is 41.8 Å². The molecular formula is C26H34N4O3S. The molecule has 0 unspecified atom stereocenters. The van der Waals surface area contributed by atoms with Crippen molar-refractivity contribution < 1.29 is 14.3 Å². The number of thiophene rings is 1. The Balaban J connectivity index is 1.36. The van der Waals surface area contributed by atoms with Gasteiger partial charge in [-0.15, -0.1) is 11.3 Å². The third kappa shape index (κ3) is 5.62. The molecule has 182 valence electrons. The Labute approximate surface area is 204 Å². The van der Waals surface area contributed by atoms with E-state index in [4.69, 9.17) is 10.5 Å². The van der Waals surface area contributed by atoms with Gasteiger partial charge in [0.2, 0.25) is 5.91 Å². The number of nitrogens with one attached hydrogen (secondary N) is 1. The molecule has 0 aliphatic heterocycles. The Morgan fingerprint density at radius 3 is 2.71 bits per heavy atom. The number of anilines is 1. The van der Waals surface area contributed by atoms with Crippen molar-refractivity contribution in [2.24, 2.45) is 11.7 Å². The van der Waals surface area contributed by atoms with Gasteiger partial charge < -0.3 is 25.3 Å². The van der Waals surface area contributed by atoms with E-state index >= 15 is 0 Å². The van der Waals surface area contributed by atoms with E-state index in [0.29, 0.717) is 25.6 Å². The van der Waals surface area contributed by atoms with Gasteiger partial charge in [0.05, 0.1) is 16.8 Å². The van der Waals surface area contributed by atoms with Gasteiger partial charge in [-0.3, -0.25) is 9.59 Å². The first-order valence-electron chi connectivity index (χ1n) is 12.0. The maximum atomic E-state index is 13.2. The summed E-state index contributed by atoms with van der Waals surface area (Å²) >= 11 is 1.63. The van der Waals surface area contributed by atoms with Crippen LogP contribution in [0.5, 0.6) is 0 Å². The summed E-state index contributed by atoms with van der Waals surface area (Å²) in [6.45, 7) is 6.67. The Hall–Kier alpha value is -2.84. The maximum absolute atomic E-state index is 13.2. The number of aryl methyl sites for hydroxylation is 1. The molecule has 2 aromatic heterocycles. The van der Waals surface area contributed by atoms with Gasteiger partial charge in [0.15, 0.2) is 0 Å². The van der Waals surface area contributed by atoms with Gasteiger partial charge in [0.25, 0.3) is 5.91 Å². The highest BCUT2D eigenvalue weighted by Crippen LogP contribution is 2.27. The first-order chi connectivity index (χ1) is 16.5. The summed E-state index contributed by atoms with van der Waals surface area (Å²) in [7, 11) is 0. The summed E-state index contributed by atoms with van der Waals surface area (Å²) in [5.41, 5.74) is 9.53. The molecule has 1 aliphatic rings. The lowest BCUT2D eigenvalue weighted by Crippen LogP contribution is -2.40. The molecule has 34 heavy (non-hydrogen) atoms. The molecule has 0 radical (unpaired) electrons. The van der Waals surface area contributed by atoms with E-state index in [-0.39, 0.29) is 23.8 Å². The van der Waals surface area contributed by atoms with Crippen molar-refractivity contribution >= 4 is 39.1 Å². The van der Waals surface area contributed by atoms with E-state index in [1.807, 2.05) is 11.4 Å². The largest absolute Gasteiger partial charge is 0.369 e. The Morgan fingerprint density at radius 2 is 2.00 bits per heavy atom. The second kappa shape index (κ2) is 11.1. The number of primary amides is 1. The molecule has 1 fully saturated rings. The third-order valence-electron chi connectivity index (χ3n) is 6.68. The van der Waals surface area contributed by atoms with Crippen LogP contribution in [0.1, 0.15) is 48.7 Å². The topological polar surface area (TPSA) is 89.6 Å². The molecule has 8 heteroatoms. The molecule has 3 aromatic rings. The zero-order chi connectivity index (χ0) is 24.1. The van der Waals surface area contributed by atoms with Gasteiger partial charge in [-0.1, -0.05) is 12.1 Å². The lowest BCUT2D eigenvalue weighted by atomic mass is 9.85. The molecule has 0 spiro atoms. The molecule has 4 rings (SSSR count). The number of hydrogen-bond acceptors (Lipinski definition) is 5. The number of aromatic nitrogens is 1. The molecule has 0 atom stereocenters. The monoisotopic (exact) mass is 482 g/mol. The van der Waals surface area contributed by atoms with Crippen molar-refractivity contribution in [3.63, 3.8) is 0 Å². The number of carbonyl (C=O) groups excluding carboxylic acids is 2. The van der Waals surface area contributed by atoms with Crippen LogP contribution in [0.2, 0.25) is 0 Å². The zero-order valence-electron chi connectivity index (χ0n) is 20.0. The molecular weight excluding hydrogens is 448 g/mol. The van der Waals surface area contributed by atoms with Gasteiger partial charge in [-0.05, 0) is 74.7 Å². The van der Waals surface area contributed by atoms with Crippen molar-refractivity contribution in [2.45, 2.75) is 52.1 Å². The number of ether oxygens (including phenoxy) is 1. The molecule has 0 saturated heterocycles. The summed E-state index contributed by atoms with van der Waals surface area (Å²) in [5.74, 6) is -0.370.